The second kappa shape index (κ2) is 5.22. The van der Waals surface area contributed by atoms with Gasteiger partial charge in [-0.25, -0.2) is 0 Å². The van der Waals surface area contributed by atoms with Crippen LogP contribution in [0.1, 0.15) is 39.0 Å². The molecule has 0 aromatic carbocycles. The number of carbonyl (C=O) groups is 1. The lowest BCUT2D eigenvalue weighted by Gasteiger charge is -2.22. The minimum atomic E-state index is -0.183. The van der Waals surface area contributed by atoms with E-state index in [1.54, 1.807) is 0 Å². The van der Waals surface area contributed by atoms with E-state index in [9.17, 15) is 4.79 Å². The molecule has 1 unspecified atom stereocenters. The highest BCUT2D eigenvalue weighted by atomic mass is 16.1. The van der Waals surface area contributed by atoms with Crippen LogP contribution in [0.15, 0.2) is 0 Å². The molecule has 3 nitrogen and oxygen atoms in total. The van der Waals surface area contributed by atoms with Crippen molar-refractivity contribution in [3.8, 4) is 0 Å². The third-order valence-corrected chi connectivity index (χ3v) is 2.86. The van der Waals surface area contributed by atoms with Crippen LogP contribution >= 0.6 is 0 Å². The average molecular weight is 184 g/mol. The Morgan fingerprint density at radius 3 is 2.62 bits per heavy atom. The summed E-state index contributed by atoms with van der Waals surface area (Å²) in [6.07, 6.45) is 5.63. The molecule has 1 rings (SSSR count). The summed E-state index contributed by atoms with van der Waals surface area (Å²) in [6, 6.07) is 0.324. The van der Waals surface area contributed by atoms with Crippen LogP contribution in [0.2, 0.25) is 0 Å². The maximum atomic E-state index is 10.8. The SMILES string of the molecule is CCNC(CC(N)=O)C1CCCC1. The van der Waals surface area contributed by atoms with Crippen LogP contribution in [-0.4, -0.2) is 18.5 Å². The molecule has 0 radical (unpaired) electrons. The van der Waals surface area contributed by atoms with Gasteiger partial charge in [0.2, 0.25) is 5.91 Å². The Kier molecular flexibility index (Phi) is 4.22. The molecule has 0 spiro atoms. The molecule has 0 aromatic rings. The number of hydrogen-bond acceptors (Lipinski definition) is 2. The van der Waals surface area contributed by atoms with E-state index in [1.807, 2.05) is 0 Å². The van der Waals surface area contributed by atoms with Gasteiger partial charge in [-0.3, -0.25) is 4.79 Å². The van der Waals surface area contributed by atoms with Gasteiger partial charge in [-0.1, -0.05) is 19.8 Å². The summed E-state index contributed by atoms with van der Waals surface area (Å²) in [7, 11) is 0. The first kappa shape index (κ1) is 10.5. The fourth-order valence-corrected chi connectivity index (χ4v) is 2.24. The van der Waals surface area contributed by atoms with E-state index < -0.39 is 0 Å². The fourth-order valence-electron chi connectivity index (χ4n) is 2.24. The molecule has 1 amide bonds. The molecule has 1 atom stereocenters. The van der Waals surface area contributed by atoms with Gasteiger partial charge in [-0.2, -0.15) is 0 Å². The Bertz CT molecular complexity index is 164. The minimum Gasteiger partial charge on any atom is -0.370 e. The minimum absolute atomic E-state index is 0.183. The highest BCUT2D eigenvalue weighted by Gasteiger charge is 2.25. The molecule has 76 valence electrons. The number of amides is 1. The summed E-state index contributed by atoms with van der Waals surface area (Å²) in [4.78, 5) is 10.8. The lowest BCUT2D eigenvalue weighted by molar-refractivity contribution is -0.118. The molecular weight excluding hydrogens is 164 g/mol. The molecule has 0 heterocycles. The van der Waals surface area contributed by atoms with Crippen molar-refractivity contribution in [3.05, 3.63) is 0 Å². The summed E-state index contributed by atoms with van der Waals surface area (Å²) in [5.74, 6) is 0.491. The summed E-state index contributed by atoms with van der Waals surface area (Å²) in [5.41, 5.74) is 5.21. The molecule has 3 N–H and O–H groups in total. The third-order valence-electron chi connectivity index (χ3n) is 2.86. The first-order valence-corrected chi connectivity index (χ1v) is 5.25. The van der Waals surface area contributed by atoms with Gasteiger partial charge in [0.25, 0.3) is 0 Å². The zero-order valence-electron chi connectivity index (χ0n) is 8.38. The van der Waals surface area contributed by atoms with Crippen molar-refractivity contribution >= 4 is 5.91 Å². The fraction of sp³-hybridized carbons (Fsp3) is 0.900. The summed E-state index contributed by atoms with van der Waals surface area (Å²) in [6.45, 7) is 3.00. The van der Waals surface area contributed by atoms with Gasteiger partial charge < -0.3 is 11.1 Å². The smallest absolute Gasteiger partial charge is 0.218 e. The Hall–Kier alpha value is -0.570. The summed E-state index contributed by atoms with van der Waals surface area (Å²) in [5, 5.41) is 3.36. The monoisotopic (exact) mass is 184 g/mol. The number of nitrogens with two attached hydrogens (primary N) is 1. The Labute approximate surface area is 80.1 Å². The van der Waals surface area contributed by atoms with Crippen LogP contribution in [0.4, 0.5) is 0 Å². The predicted molar refractivity (Wildman–Crippen MR) is 53.2 cm³/mol. The van der Waals surface area contributed by atoms with E-state index in [4.69, 9.17) is 5.73 Å². The van der Waals surface area contributed by atoms with Crippen molar-refractivity contribution in [3.63, 3.8) is 0 Å². The van der Waals surface area contributed by atoms with E-state index in [1.165, 1.54) is 25.7 Å². The van der Waals surface area contributed by atoms with Crippen molar-refractivity contribution in [1.82, 2.24) is 5.32 Å². The molecular formula is C10H20N2O. The average Bonchev–Trinajstić information content (AvgIpc) is 2.54. The Balaban J connectivity index is 2.39. The number of rotatable bonds is 5. The second-order valence-corrected chi connectivity index (χ2v) is 3.88. The normalized spacial score (nSPS) is 20.4. The van der Waals surface area contributed by atoms with Gasteiger partial charge >= 0.3 is 0 Å². The third kappa shape index (κ3) is 3.35. The standard InChI is InChI=1S/C10H20N2O/c1-2-12-9(7-10(11)13)8-5-3-4-6-8/h8-9,12H,2-7H2,1H3,(H2,11,13). The highest BCUT2D eigenvalue weighted by Crippen LogP contribution is 2.28. The van der Waals surface area contributed by atoms with Crippen LogP contribution in [0.5, 0.6) is 0 Å². The topological polar surface area (TPSA) is 55.1 Å². The number of hydrogen-bond donors (Lipinski definition) is 2. The molecule has 1 fully saturated rings. The zero-order valence-corrected chi connectivity index (χ0v) is 8.38. The maximum Gasteiger partial charge on any atom is 0.218 e. The van der Waals surface area contributed by atoms with Gasteiger partial charge in [0.05, 0.1) is 0 Å². The number of primary amides is 1. The molecule has 3 heteroatoms. The lowest BCUT2D eigenvalue weighted by Crippen LogP contribution is -2.38. The van der Waals surface area contributed by atoms with Crippen LogP contribution in [0.25, 0.3) is 0 Å². The Morgan fingerprint density at radius 2 is 2.15 bits per heavy atom. The van der Waals surface area contributed by atoms with Gasteiger partial charge in [0.15, 0.2) is 0 Å². The predicted octanol–water partition coefficient (Wildman–Crippen LogP) is 1.03. The summed E-state index contributed by atoms with van der Waals surface area (Å²) >= 11 is 0. The van der Waals surface area contributed by atoms with Crippen molar-refractivity contribution in [1.29, 1.82) is 0 Å². The quantitative estimate of drug-likeness (QED) is 0.670. The van der Waals surface area contributed by atoms with Gasteiger partial charge in [0, 0.05) is 12.5 Å². The van der Waals surface area contributed by atoms with Crippen LogP contribution in [-0.2, 0) is 4.79 Å². The largest absolute Gasteiger partial charge is 0.370 e. The zero-order chi connectivity index (χ0) is 9.68. The molecule has 0 saturated heterocycles. The van der Waals surface area contributed by atoms with E-state index in [0.29, 0.717) is 18.4 Å². The molecule has 1 aliphatic rings. The highest BCUT2D eigenvalue weighted by molar-refractivity contribution is 5.74. The molecule has 1 aliphatic carbocycles. The summed E-state index contributed by atoms with van der Waals surface area (Å²) < 4.78 is 0. The maximum absolute atomic E-state index is 10.8. The van der Waals surface area contributed by atoms with Gasteiger partial charge in [-0.05, 0) is 25.3 Å². The number of nitrogens with one attached hydrogen (secondary N) is 1. The van der Waals surface area contributed by atoms with E-state index in [0.717, 1.165) is 6.54 Å². The van der Waals surface area contributed by atoms with E-state index >= 15 is 0 Å². The van der Waals surface area contributed by atoms with E-state index in [2.05, 4.69) is 12.2 Å². The molecule has 0 aromatic heterocycles. The first-order chi connectivity index (χ1) is 6.24. The molecule has 1 saturated carbocycles. The second-order valence-electron chi connectivity index (χ2n) is 3.88. The van der Waals surface area contributed by atoms with Gasteiger partial charge in [0.1, 0.15) is 0 Å². The van der Waals surface area contributed by atoms with Crippen molar-refractivity contribution in [2.75, 3.05) is 6.54 Å². The van der Waals surface area contributed by atoms with Crippen molar-refractivity contribution in [2.45, 2.75) is 45.1 Å². The molecule has 0 bridgehead atoms. The van der Waals surface area contributed by atoms with Crippen LogP contribution in [0.3, 0.4) is 0 Å². The van der Waals surface area contributed by atoms with Crippen LogP contribution < -0.4 is 11.1 Å². The van der Waals surface area contributed by atoms with Crippen molar-refractivity contribution in [2.24, 2.45) is 11.7 Å². The lowest BCUT2D eigenvalue weighted by atomic mass is 9.95. The van der Waals surface area contributed by atoms with Crippen molar-refractivity contribution < 1.29 is 4.79 Å². The number of carbonyl (C=O) groups excluding carboxylic acids is 1. The van der Waals surface area contributed by atoms with Crippen LogP contribution in [0, 0.1) is 5.92 Å². The van der Waals surface area contributed by atoms with Gasteiger partial charge in [-0.15, -0.1) is 0 Å². The Morgan fingerprint density at radius 1 is 1.54 bits per heavy atom. The first-order valence-electron chi connectivity index (χ1n) is 5.25. The molecule has 13 heavy (non-hydrogen) atoms. The van der Waals surface area contributed by atoms with E-state index in [-0.39, 0.29) is 5.91 Å². The molecule has 0 aliphatic heterocycles.